The van der Waals surface area contributed by atoms with Crippen molar-refractivity contribution in [2.45, 2.75) is 48.4 Å². The fourth-order valence-corrected chi connectivity index (χ4v) is 6.16. The second kappa shape index (κ2) is 10.1. The van der Waals surface area contributed by atoms with Crippen molar-refractivity contribution in [2.75, 3.05) is 24.8 Å². The van der Waals surface area contributed by atoms with E-state index >= 15 is 0 Å². The highest BCUT2D eigenvalue weighted by Gasteiger charge is 2.20. The Hall–Kier alpha value is -2.27. The number of sulfone groups is 1. The second-order valence-electron chi connectivity index (χ2n) is 7.90. The largest absolute Gasteiger partial charge is 0.383 e. The van der Waals surface area contributed by atoms with Crippen LogP contribution in [-0.2, 0) is 42.2 Å². The summed E-state index contributed by atoms with van der Waals surface area (Å²) in [4.78, 5) is 12.6. The van der Waals surface area contributed by atoms with Gasteiger partial charge in [0.1, 0.15) is 0 Å². The lowest BCUT2D eigenvalue weighted by Gasteiger charge is -2.13. The van der Waals surface area contributed by atoms with Crippen molar-refractivity contribution in [2.24, 2.45) is 0 Å². The number of ether oxygens (including phenoxy) is 1. The van der Waals surface area contributed by atoms with Crippen LogP contribution in [0.4, 0.5) is 5.69 Å². The Morgan fingerprint density at radius 2 is 1.66 bits per heavy atom. The molecule has 1 amide bonds. The summed E-state index contributed by atoms with van der Waals surface area (Å²) in [5.41, 5.74) is 2.64. The highest BCUT2D eigenvalue weighted by atomic mass is 32.2. The van der Waals surface area contributed by atoms with Gasteiger partial charge in [-0.05, 0) is 73.7 Å². The monoisotopic (exact) mass is 480 g/mol. The minimum absolute atomic E-state index is 0.0534. The summed E-state index contributed by atoms with van der Waals surface area (Å²) in [6.07, 6.45) is 2.69. The zero-order chi connectivity index (χ0) is 23.4. The molecule has 0 spiro atoms. The Labute approximate surface area is 189 Å². The van der Waals surface area contributed by atoms with Crippen LogP contribution in [-0.4, -0.2) is 48.3 Å². The number of methoxy groups -OCH3 is 1. The van der Waals surface area contributed by atoms with E-state index in [1.807, 2.05) is 6.07 Å². The molecule has 174 valence electrons. The highest BCUT2D eigenvalue weighted by molar-refractivity contribution is 7.91. The molecule has 2 N–H and O–H groups in total. The Bertz CT molecular complexity index is 1180. The van der Waals surface area contributed by atoms with Crippen LogP contribution in [0.5, 0.6) is 0 Å². The van der Waals surface area contributed by atoms with E-state index < -0.39 is 31.8 Å². The molecule has 0 fully saturated rings. The van der Waals surface area contributed by atoms with Gasteiger partial charge in [0.2, 0.25) is 15.9 Å². The van der Waals surface area contributed by atoms with E-state index in [0.29, 0.717) is 5.69 Å². The Morgan fingerprint density at radius 1 is 1.00 bits per heavy atom. The standard InChI is InChI=1S/C22H28N2O6S2/c1-16(15-30-2)24-32(28,29)20-10-7-19(8-11-20)23-22(25)12-13-31(26,27)21-9-6-17-4-3-5-18(17)14-21/h6-11,14,16,24H,3-5,12-13,15H2,1-2H3,(H,23,25). The quantitative estimate of drug-likeness (QED) is 0.539. The van der Waals surface area contributed by atoms with Gasteiger partial charge in [-0.15, -0.1) is 0 Å². The molecule has 8 nitrogen and oxygen atoms in total. The van der Waals surface area contributed by atoms with Crippen LogP contribution in [0.2, 0.25) is 0 Å². The minimum Gasteiger partial charge on any atom is -0.383 e. The average molecular weight is 481 g/mol. The van der Waals surface area contributed by atoms with Crippen molar-refractivity contribution < 1.29 is 26.4 Å². The molecular weight excluding hydrogens is 452 g/mol. The number of aryl methyl sites for hydroxylation is 2. The Morgan fingerprint density at radius 3 is 2.34 bits per heavy atom. The molecule has 1 aliphatic carbocycles. The van der Waals surface area contributed by atoms with Gasteiger partial charge in [-0.3, -0.25) is 4.79 Å². The molecule has 2 aromatic carbocycles. The van der Waals surface area contributed by atoms with Gasteiger partial charge >= 0.3 is 0 Å². The van der Waals surface area contributed by atoms with Gasteiger partial charge in [0, 0.05) is 25.3 Å². The summed E-state index contributed by atoms with van der Waals surface area (Å²) >= 11 is 0. The first-order chi connectivity index (χ1) is 15.1. The van der Waals surface area contributed by atoms with Crippen LogP contribution < -0.4 is 10.0 Å². The van der Waals surface area contributed by atoms with E-state index in [-0.39, 0.29) is 28.6 Å². The van der Waals surface area contributed by atoms with Crippen molar-refractivity contribution in [3.63, 3.8) is 0 Å². The van der Waals surface area contributed by atoms with Crippen molar-refractivity contribution in [1.82, 2.24) is 4.72 Å². The molecule has 1 aliphatic rings. The first-order valence-electron chi connectivity index (χ1n) is 10.4. The number of amides is 1. The van der Waals surface area contributed by atoms with E-state index in [2.05, 4.69) is 10.0 Å². The topological polar surface area (TPSA) is 119 Å². The van der Waals surface area contributed by atoms with Gasteiger partial charge < -0.3 is 10.1 Å². The molecule has 0 heterocycles. The molecule has 2 aromatic rings. The van der Waals surface area contributed by atoms with Gasteiger partial charge in [0.15, 0.2) is 9.84 Å². The molecule has 0 saturated carbocycles. The maximum atomic E-state index is 12.6. The number of anilines is 1. The van der Waals surface area contributed by atoms with Crippen molar-refractivity contribution in [3.8, 4) is 0 Å². The lowest BCUT2D eigenvalue weighted by Crippen LogP contribution is -2.35. The number of sulfonamides is 1. The number of carbonyl (C=O) groups excluding carboxylic acids is 1. The highest BCUT2D eigenvalue weighted by Crippen LogP contribution is 2.25. The third kappa shape index (κ3) is 6.16. The number of rotatable bonds is 10. The summed E-state index contributed by atoms with van der Waals surface area (Å²) in [7, 11) is -5.80. The molecule has 10 heteroatoms. The smallest absolute Gasteiger partial charge is 0.240 e. The first kappa shape index (κ1) is 24.4. The first-order valence-corrected chi connectivity index (χ1v) is 13.5. The van der Waals surface area contributed by atoms with Crippen molar-refractivity contribution in [1.29, 1.82) is 0 Å². The maximum Gasteiger partial charge on any atom is 0.240 e. The molecule has 0 radical (unpaired) electrons. The number of benzene rings is 2. The van der Waals surface area contributed by atoms with Crippen LogP contribution in [0, 0.1) is 0 Å². The van der Waals surface area contributed by atoms with Crippen molar-refractivity contribution in [3.05, 3.63) is 53.6 Å². The molecule has 1 atom stereocenters. The second-order valence-corrected chi connectivity index (χ2v) is 11.7. The van der Waals surface area contributed by atoms with Crippen LogP contribution in [0.15, 0.2) is 52.3 Å². The third-order valence-corrected chi connectivity index (χ3v) is 8.57. The number of hydrogen-bond acceptors (Lipinski definition) is 6. The molecule has 3 rings (SSSR count). The van der Waals surface area contributed by atoms with Crippen LogP contribution in [0.25, 0.3) is 0 Å². The maximum absolute atomic E-state index is 12.6. The summed E-state index contributed by atoms with van der Waals surface area (Å²) in [5.74, 6) is -0.761. The normalized spacial score (nSPS) is 14.7. The van der Waals surface area contributed by atoms with Gasteiger partial charge in [-0.25, -0.2) is 21.6 Å². The fraction of sp³-hybridized carbons (Fsp3) is 0.409. The van der Waals surface area contributed by atoms with Gasteiger partial charge in [-0.1, -0.05) is 6.07 Å². The minimum atomic E-state index is -3.71. The number of fused-ring (bicyclic) bond motifs is 1. The zero-order valence-corrected chi connectivity index (χ0v) is 19.8. The zero-order valence-electron chi connectivity index (χ0n) is 18.1. The van der Waals surface area contributed by atoms with E-state index in [1.54, 1.807) is 19.1 Å². The Balaban J connectivity index is 1.57. The summed E-state index contributed by atoms with van der Waals surface area (Å²) in [5, 5.41) is 2.61. The molecule has 0 aromatic heterocycles. The van der Waals surface area contributed by atoms with Crippen LogP contribution in [0.1, 0.15) is 30.9 Å². The van der Waals surface area contributed by atoms with E-state index in [4.69, 9.17) is 4.74 Å². The molecule has 0 saturated heterocycles. The summed E-state index contributed by atoms with van der Waals surface area (Å²) in [6, 6.07) is 10.5. The van der Waals surface area contributed by atoms with Gasteiger partial charge in [0.25, 0.3) is 0 Å². The SMILES string of the molecule is COCC(C)NS(=O)(=O)c1ccc(NC(=O)CCS(=O)(=O)c2ccc3c(c2)CCC3)cc1. The summed E-state index contributed by atoms with van der Waals surface area (Å²) in [6.45, 7) is 1.92. The third-order valence-electron chi connectivity index (χ3n) is 5.25. The van der Waals surface area contributed by atoms with E-state index in [9.17, 15) is 21.6 Å². The number of nitrogens with one attached hydrogen (secondary N) is 2. The fourth-order valence-electron chi connectivity index (χ4n) is 3.64. The van der Waals surface area contributed by atoms with Crippen LogP contribution >= 0.6 is 0 Å². The lowest BCUT2D eigenvalue weighted by molar-refractivity contribution is -0.115. The molecule has 1 unspecified atom stereocenters. The van der Waals surface area contributed by atoms with E-state index in [1.165, 1.54) is 36.9 Å². The van der Waals surface area contributed by atoms with Crippen molar-refractivity contribution >= 4 is 31.5 Å². The van der Waals surface area contributed by atoms with E-state index in [0.717, 1.165) is 24.8 Å². The molecule has 32 heavy (non-hydrogen) atoms. The Kier molecular flexibility index (Phi) is 7.71. The predicted octanol–water partition coefficient (Wildman–Crippen LogP) is 2.29. The number of hydrogen-bond donors (Lipinski definition) is 2. The number of carbonyl (C=O) groups is 1. The van der Waals surface area contributed by atoms with Gasteiger partial charge in [-0.2, -0.15) is 0 Å². The average Bonchev–Trinajstić information content (AvgIpc) is 3.20. The molecule has 0 aliphatic heterocycles. The van der Waals surface area contributed by atoms with Crippen LogP contribution in [0.3, 0.4) is 0 Å². The summed E-state index contributed by atoms with van der Waals surface area (Å²) < 4.78 is 57.3. The molecular formula is C22H28N2O6S2. The lowest BCUT2D eigenvalue weighted by atomic mass is 10.1. The predicted molar refractivity (Wildman–Crippen MR) is 122 cm³/mol. The molecule has 0 bridgehead atoms. The van der Waals surface area contributed by atoms with Gasteiger partial charge in [0.05, 0.1) is 22.2 Å².